The van der Waals surface area contributed by atoms with Crippen molar-refractivity contribution < 1.29 is 13.7 Å². The zero-order chi connectivity index (χ0) is 15.3. The molecule has 110 valence electrons. The lowest BCUT2D eigenvalue weighted by Gasteiger charge is -2.32. The molecule has 0 aliphatic carbocycles. The standard InChI is InChI=1S/C14H17BFN3O2/c1-13(2)14(3,4)21-15(20-13)10-5-6-12(11(16)9-10)19-17-7-8-18-19/h5-9H,1-4H3. The molecule has 0 saturated carbocycles. The van der Waals surface area contributed by atoms with Crippen LogP contribution < -0.4 is 5.46 Å². The summed E-state index contributed by atoms with van der Waals surface area (Å²) in [4.78, 5) is 1.24. The van der Waals surface area contributed by atoms with Crippen LogP contribution in [0.4, 0.5) is 4.39 Å². The molecular formula is C14H17BFN3O2. The molecule has 0 radical (unpaired) electrons. The van der Waals surface area contributed by atoms with Crippen LogP contribution in [0.1, 0.15) is 27.7 Å². The lowest BCUT2D eigenvalue weighted by Crippen LogP contribution is -2.41. The Morgan fingerprint density at radius 3 is 2.14 bits per heavy atom. The van der Waals surface area contributed by atoms with E-state index in [9.17, 15) is 4.39 Å². The summed E-state index contributed by atoms with van der Waals surface area (Å²) in [5, 5.41) is 7.85. The number of hydrogen-bond donors (Lipinski definition) is 0. The first kappa shape index (κ1) is 14.2. The van der Waals surface area contributed by atoms with Gasteiger partial charge in [0.15, 0.2) is 0 Å². The Morgan fingerprint density at radius 2 is 1.62 bits per heavy atom. The Morgan fingerprint density at radius 1 is 1.05 bits per heavy atom. The van der Waals surface area contributed by atoms with Crippen LogP contribution in [-0.2, 0) is 9.31 Å². The summed E-state index contributed by atoms with van der Waals surface area (Å²) >= 11 is 0. The van der Waals surface area contributed by atoms with Gasteiger partial charge in [-0.15, -0.1) is 4.80 Å². The van der Waals surface area contributed by atoms with E-state index in [0.717, 1.165) is 0 Å². The molecule has 2 aromatic rings. The lowest BCUT2D eigenvalue weighted by molar-refractivity contribution is 0.00578. The third-order valence-electron chi connectivity index (χ3n) is 4.13. The largest absolute Gasteiger partial charge is 0.494 e. The molecule has 0 unspecified atom stereocenters. The molecule has 1 saturated heterocycles. The van der Waals surface area contributed by atoms with Gasteiger partial charge < -0.3 is 9.31 Å². The summed E-state index contributed by atoms with van der Waals surface area (Å²) in [6, 6.07) is 4.79. The Hall–Kier alpha value is -1.73. The first-order valence-electron chi connectivity index (χ1n) is 6.82. The fraction of sp³-hybridized carbons (Fsp3) is 0.429. The molecule has 1 aromatic heterocycles. The maximum absolute atomic E-state index is 14.2. The number of benzene rings is 1. The van der Waals surface area contributed by atoms with Crippen LogP contribution in [0.15, 0.2) is 30.6 Å². The molecule has 1 aromatic carbocycles. The smallest absolute Gasteiger partial charge is 0.399 e. The highest BCUT2D eigenvalue weighted by Crippen LogP contribution is 2.36. The van der Waals surface area contributed by atoms with Gasteiger partial charge in [0.25, 0.3) is 0 Å². The first-order valence-corrected chi connectivity index (χ1v) is 6.82. The Balaban J connectivity index is 1.90. The summed E-state index contributed by atoms with van der Waals surface area (Å²) in [5.41, 5.74) is 0.0366. The second kappa shape index (κ2) is 4.64. The molecular weight excluding hydrogens is 272 g/mol. The van der Waals surface area contributed by atoms with Gasteiger partial charge in [0, 0.05) is 0 Å². The molecule has 0 amide bonds. The van der Waals surface area contributed by atoms with Crippen molar-refractivity contribution in [1.29, 1.82) is 0 Å². The predicted octanol–water partition coefficient (Wildman–Crippen LogP) is 1.71. The van der Waals surface area contributed by atoms with Crippen molar-refractivity contribution in [3.63, 3.8) is 0 Å². The third kappa shape index (κ3) is 2.36. The highest BCUT2D eigenvalue weighted by atomic mass is 19.1. The zero-order valence-corrected chi connectivity index (χ0v) is 12.5. The fourth-order valence-electron chi connectivity index (χ4n) is 2.15. The highest BCUT2D eigenvalue weighted by Gasteiger charge is 2.51. The second-order valence-corrected chi connectivity index (χ2v) is 6.12. The zero-order valence-electron chi connectivity index (χ0n) is 12.5. The summed E-state index contributed by atoms with van der Waals surface area (Å²) in [7, 11) is -0.580. The predicted molar refractivity (Wildman–Crippen MR) is 77.0 cm³/mol. The van der Waals surface area contributed by atoms with Crippen molar-refractivity contribution in [2.45, 2.75) is 38.9 Å². The average Bonchev–Trinajstić information content (AvgIpc) is 2.96. The topological polar surface area (TPSA) is 49.2 Å². The molecule has 0 spiro atoms. The molecule has 3 rings (SSSR count). The van der Waals surface area contributed by atoms with E-state index in [1.807, 2.05) is 27.7 Å². The van der Waals surface area contributed by atoms with Crippen LogP contribution in [0.5, 0.6) is 0 Å². The third-order valence-corrected chi connectivity index (χ3v) is 4.13. The van der Waals surface area contributed by atoms with E-state index in [2.05, 4.69) is 10.2 Å². The molecule has 0 bridgehead atoms. The van der Waals surface area contributed by atoms with E-state index in [-0.39, 0.29) is 0 Å². The Kier molecular flexibility index (Phi) is 3.14. The van der Waals surface area contributed by atoms with Gasteiger partial charge in [-0.05, 0) is 45.3 Å². The van der Waals surface area contributed by atoms with Crippen LogP contribution >= 0.6 is 0 Å². The van der Waals surface area contributed by atoms with Crippen LogP contribution in [0.2, 0.25) is 0 Å². The summed E-state index contributed by atoms with van der Waals surface area (Å²) in [6.45, 7) is 7.85. The maximum Gasteiger partial charge on any atom is 0.494 e. The number of hydrogen-bond acceptors (Lipinski definition) is 4. The van der Waals surface area contributed by atoms with Gasteiger partial charge in [0.05, 0.1) is 23.6 Å². The minimum atomic E-state index is -0.580. The van der Waals surface area contributed by atoms with Crippen molar-refractivity contribution in [2.24, 2.45) is 0 Å². The first-order chi connectivity index (χ1) is 9.80. The number of halogens is 1. The molecule has 0 atom stereocenters. The second-order valence-electron chi connectivity index (χ2n) is 6.12. The van der Waals surface area contributed by atoms with Crippen molar-refractivity contribution in [3.05, 3.63) is 36.4 Å². The van der Waals surface area contributed by atoms with Gasteiger partial charge in [-0.2, -0.15) is 10.2 Å². The number of rotatable bonds is 2. The van der Waals surface area contributed by atoms with Crippen LogP contribution in [0.3, 0.4) is 0 Å². The minimum Gasteiger partial charge on any atom is -0.399 e. The number of nitrogens with zero attached hydrogens (tertiary/aromatic N) is 3. The monoisotopic (exact) mass is 289 g/mol. The molecule has 1 fully saturated rings. The van der Waals surface area contributed by atoms with Gasteiger partial charge in [0.2, 0.25) is 0 Å². The van der Waals surface area contributed by atoms with E-state index in [1.165, 1.54) is 23.3 Å². The lowest BCUT2D eigenvalue weighted by atomic mass is 9.79. The Bertz CT molecular complexity index is 642. The highest BCUT2D eigenvalue weighted by molar-refractivity contribution is 6.62. The molecule has 21 heavy (non-hydrogen) atoms. The van der Waals surface area contributed by atoms with Crippen molar-refractivity contribution >= 4 is 12.6 Å². The van der Waals surface area contributed by atoms with Gasteiger partial charge in [-0.25, -0.2) is 4.39 Å². The Labute approximate surface area is 123 Å². The van der Waals surface area contributed by atoms with Gasteiger partial charge in [-0.3, -0.25) is 0 Å². The molecule has 1 aliphatic heterocycles. The summed E-state index contributed by atoms with van der Waals surface area (Å²) < 4.78 is 26.1. The van der Waals surface area contributed by atoms with E-state index in [0.29, 0.717) is 11.2 Å². The van der Waals surface area contributed by atoms with E-state index in [1.54, 1.807) is 12.1 Å². The van der Waals surface area contributed by atoms with E-state index >= 15 is 0 Å². The SMILES string of the molecule is CC1(C)OB(c2ccc(-n3nccn3)c(F)c2)OC1(C)C. The van der Waals surface area contributed by atoms with Gasteiger partial charge in [0.1, 0.15) is 11.5 Å². The van der Waals surface area contributed by atoms with Crippen molar-refractivity contribution in [3.8, 4) is 5.69 Å². The molecule has 2 heterocycles. The molecule has 5 nitrogen and oxygen atoms in total. The normalized spacial score (nSPS) is 20.0. The van der Waals surface area contributed by atoms with Crippen LogP contribution in [-0.4, -0.2) is 33.3 Å². The van der Waals surface area contributed by atoms with Crippen LogP contribution in [0.25, 0.3) is 5.69 Å². The van der Waals surface area contributed by atoms with Gasteiger partial charge in [-0.1, -0.05) is 6.07 Å². The average molecular weight is 289 g/mol. The molecule has 1 aliphatic rings. The minimum absolute atomic E-state index is 0.292. The number of aromatic nitrogens is 3. The summed E-state index contributed by atoms with van der Waals surface area (Å²) in [5.74, 6) is -0.418. The van der Waals surface area contributed by atoms with E-state index < -0.39 is 24.1 Å². The van der Waals surface area contributed by atoms with E-state index in [4.69, 9.17) is 9.31 Å². The summed E-state index contributed by atoms with van der Waals surface area (Å²) in [6.07, 6.45) is 3.00. The molecule has 0 N–H and O–H groups in total. The van der Waals surface area contributed by atoms with Crippen LogP contribution in [0, 0.1) is 5.82 Å². The maximum atomic E-state index is 14.2. The quantitative estimate of drug-likeness (QED) is 0.790. The fourth-order valence-corrected chi connectivity index (χ4v) is 2.15. The van der Waals surface area contributed by atoms with Crippen molar-refractivity contribution in [1.82, 2.24) is 15.0 Å². The van der Waals surface area contributed by atoms with Gasteiger partial charge >= 0.3 is 7.12 Å². The van der Waals surface area contributed by atoms with Crippen molar-refractivity contribution in [2.75, 3.05) is 0 Å². The molecule has 7 heteroatoms.